The third-order valence-electron chi connectivity index (χ3n) is 0.777. The Balaban J connectivity index is 3.49. The van der Waals surface area contributed by atoms with Gasteiger partial charge in [0, 0.05) is 11.0 Å². The molecule has 0 aromatic rings. The molecule has 0 aromatic heterocycles. The Bertz CT molecular complexity index is 142. The molecule has 0 spiro atoms. The molecule has 1 N–H and O–H groups in total. The Morgan fingerprint density at radius 1 is 1.40 bits per heavy atom. The normalized spacial score (nSPS) is 8.70. The number of carbonyl (C=O) groups is 1. The van der Waals surface area contributed by atoms with Crippen LogP contribution in [0.5, 0.6) is 0 Å². The van der Waals surface area contributed by atoms with Gasteiger partial charge in [0.25, 0.3) is 0 Å². The van der Waals surface area contributed by atoms with Crippen molar-refractivity contribution in [1.82, 2.24) is 5.32 Å². The van der Waals surface area contributed by atoms with Crippen molar-refractivity contribution in [2.75, 3.05) is 6.54 Å². The molecule has 0 aliphatic rings. The summed E-state index contributed by atoms with van der Waals surface area (Å²) >= 11 is 9.75. The van der Waals surface area contributed by atoms with E-state index in [1.807, 2.05) is 0 Å². The van der Waals surface area contributed by atoms with Crippen LogP contribution in [0.3, 0.4) is 0 Å². The smallest absolute Gasteiger partial charge is 0.207 e. The van der Waals surface area contributed by atoms with Crippen LogP contribution in [-0.2, 0) is 4.79 Å². The van der Waals surface area contributed by atoms with Crippen molar-refractivity contribution in [3.63, 3.8) is 0 Å². The Morgan fingerprint density at radius 3 is 2.40 bits per heavy atom. The zero-order valence-corrected chi connectivity index (χ0v) is 9.79. The first-order valence-corrected chi connectivity index (χ1v) is 4.93. The fraction of sp³-hybridized carbons (Fsp3) is 0.400. The average Bonchev–Trinajstić information content (AvgIpc) is 1.88. The summed E-state index contributed by atoms with van der Waals surface area (Å²) in [7, 11) is 0. The van der Waals surface area contributed by atoms with E-state index in [1.165, 1.54) is 0 Å². The summed E-state index contributed by atoms with van der Waals surface area (Å²) in [6.45, 7) is 0.644. The zero-order valence-electron chi connectivity index (χ0n) is 5.03. The van der Waals surface area contributed by atoms with Crippen molar-refractivity contribution in [2.45, 2.75) is 6.42 Å². The van der Waals surface area contributed by atoms with Gasteiger partial charge >= 0.3 is 0 Å². The van der Waals surface area contributed by atoms with Crippen molar-refractivity contribution in [2.24, 2.45) is 0 Å². The van der Waals surface area contributed by atoms with E-state index < -0.39 is 0 Å². The van der Waals surface area contributed by atoms with Gasteiger partial charge in [-0.3, -0.25) is 4.79 Å². The topological polar surface area (TPSA) is 29.1 Å². The highest BCUT2D eigenvalue weighted by molar-refractivity contribution is 9.29. The molecule has 0 unspecified atom stereocenters. The van der Waals surface area contributed by atoms with Gasteiger partial charge in [-0.05, 0) is 38.3 Å². The fourth-order valence-corrected chi connectivity index (χ4v) is 0.930. The molecule has 0 rings (SSSR count). The molecular weight excluding hydrogens is 330 g/mol. The lowest BCUT2D eigenvalue weighted by Crippen LogP contribution is -2.11. The average molecular weight is 336 g/mol. The number of amides is 1. The number of carbonyl (C=O) groups excluding carboxylic acids is 1. The predicted octanol–water partition coefficient (Wildman–Crippen LogP) is 2.48. The molecule has 0 aliphatic heterocycles. The van der Waals surface area contributed by atoms with E-state index >= 15 is 0 Å². The second-order valence-electron chi connectivity index (χ2n) is 1.49. The second kappa shape index (κ2) is 6.37. The van der Waals surface area contributed by atoms with Crippen LogP contribution in [0.15, 0.2) is 7.87 Å². The summed E-state index contributed by atoms with van der Waals surface area (Å²) in [5, 5.41) is 2.55. The molecular formula is C5H6Br3NO. The first-order chi connectivity index (χ1) is 4.68. The molecule has 58 valence electrons. The van der Waals surface area contributed by atoms with Gasteiger partial charge in [-0.15, -0.1) is 0 Å². The van der Waals surface area contributed by atoms with Crippen LogP contribution in [0.1, 0.15) is 6.42 Å². The third-order valence-corrected chi connectivity index (χ3v) is 3.59. The van der Waals surface area contributed by atoms with Crippen molar-refractivity contribution < 1.29 is 4.79 Å². The SMILES string of the molecule is O=CNCCC(Br)=C(Br)Br. The molecule has 0 fully saturated rings. The van der Waals surface area contributed by atoms with E-state index in [4.69, 9.17) is 0 Å². The van der Waals surface area contributed by atoms with Gasteiger partial charge in [0.15, 0.2) is 0 Å². The van der Waals surface area contributed by atoms with Crippen molar-refractivity contribution in [3.8, 4) is 0 Å². The van der Waals surface area contributed by atoms with Crippen molar-refractivity contribution in [1.29, 1.82) is 0 Å². The summed E-state index contributed by atoms with van der Waals surface area (Å²) in [4.78, 5) is 9.79. The van der Waals surface area contributed by atoms with Crippen LogP contribution in [0, 0.1) is 0 Å². The summed E-state index contributed by atoms with van der Waals surface area (Å²) in [5.74, 6) is 0. The van der Waals surface area contributed by atoms with Crippen LogP contribution in [0.25, 0.3) is 0 Å². The van der Waals surface area contributed by atoms with E-state index in [2.05, 4.69) is 53.1 Å². The summed E-state index contributed by atoms with van der Waals surface area (Å²) in [6, 6.07) is 0. The maximum atomic E-state index is 9.79. The highest BCUT2D eigenvalue weighted by Crippen LogP contribution is 2.25. The summed E-state index contributed by atoms with van der Waals surface area (Å²) < 4.78 is 1.88. The van der Waals surface area contributed by atoms with Crippen molar-refractivity contribution in [3.05, 3.63) is 7.87 Å². The summed E-state index contributed by atoms with van der Waals surface area (Å²) in [5.41, 5.74) is 0. The first-order valence-electron chi connectivity index (χ1n) is 2.55. The summed E-state index contributed by atoms with van der Waals surface area (Å²) in [6.07, 6.45) is 1.47. The lowest BCUT2D eigenvalue weighted by atomic mass is 10.4. The van der Waals surface area contributed by atoms with Gasteiger partial charge in [-0.1, -0.05) is 15.9 Å². The monoisotopic (exact) mass is 333 g/mol. The van der Waals surface area contributed by atoms with Gasteiger partial charge in [0.05, 0.1) is 3.39 Å². The standard InChI is InChI=1S/C5H6Br3NO/c6-4(5(7)8)1-2-9-3-10/h3H,1-2H2,(H,9,10). The van der Waals surface area contributed by atoms with Gasteiger partial charge in [-0.2, -0.15) is 0 Å². The second-order valence-corrected chi connectivity index (χ2v) is 5.09. The van der Waals surface area contributed by atoms with Crippen LogP contribution in [0.2, 0.25) is 0 Å². The zero-order chi connectivity index (χ0) is 7.98. The number of hydrogen-bond acceptors (Lipinski definition) is 1. The number of halogens is 3. The van der Waals surface area contributed by atoms with Gasteiger partial charge in [-0.25, -0.2) is 0 Å². The minimum absolute atomic E-state index is 0.644. The molecule has 0 saturated heterocycles. The Kier molecular flexibility index (Phi) is 6.78. The Hall–Kier alpha value is 0.650. The van der Waals surface area contributed by atoms with Crippen LogP contribution in [0.4, 0.5) is 0 Å². The van der Waals surface area contributed by atoms with E-state index in [1.54, 1.807) is 0 Å². The van der Waals surface area contributed by atoms with E-state index in [9.17, 15) is 4.79 Å². The van der Waals surface area contributed by atoms with E-state index in [0.717, 1.165) is 14.3 Å². The molecule has 2 nitrogen and oxygen atoms in total. The van der Waals surface area contributed by atoms with Gasteiger partial charge in [0.1, 0.15) is 0 Å². The first kappa shape index (κ1) is 10.7. The molecule has 1 amide bonds. The molecule has 5 heteroatoms. The van der Waals surface area contributed by atoms with Crippen LogP contribution in [-0.4, -0.2) is 13.0 Å². The minimum Gasteiger partial charge on any atom is -0.358 e. The largest absolute Gasteiger partial charge is 0.358 e. The van der Waals surface area contributed by atoms with Crippen LogP contribution < -0.4 is 5.32 Å². The number of rotatable bonds is 4. The number of hydrogen-bond donors (Lipinski definition) is 1. The lowest BCUT2D eigenvalue weighted by molar-refractivity contribution is -0.109. The molecule has 0 aliphatic carbocycles. The number of nitrogens with one attached hydrogen (secondary N) is 1. The molecule has 0 atom stereocenters. The van der Waals surface area contributed by atoms with Gasteiger partial charge < -0.3 is 5.32 Å². The Labute approximate surface area is 84.8 Å². The third kappa shape index (κ3) is 5.44. The molecule has 0 aromatic carbocycles. The predicted molar refractivity (Wildman–Crippen MR) is 52.5 cm³/mol. The highest BCUT2D eigenvalue weighted by atomic mass is 79.9. The maximum absolute atomic E-state index is 9.79. The lowest BCUT2D eigenvalue weighted by Gasteiger charge is -1.97. The van der Waals surface area contributed by atoms with Crippen LogP contribution >= 0.6 is 47.8 Å². The highest BCUT2D eigenvalue weighted by Gasteiger charge is 1.95. The molecule has 0 bridgehead atoms. The van der Waals surface area contributed by atoms with Crippen molar-refractivity contribution >= 4 is 54.2 Å². The van der Waals surface area contributed by atoms with E-state index in [-0.39, 0.29) is 0 Å². The quantitative estimate of drug-likeness (QED) is 0.620. The van der Waals surface area contributed by atoms with E-state index in [0.29, 0.717) is 13.0 Å². The van der Waals surface area contributed by atoms with Gasteiger partial charge in [0.2, 0.25) is 6.41 Å². The molecule has 0 saturated carbocycles. The molecule has 0 heterocycles. The molecule has 0 radical (unpaired) electrons. The fourth-order valence-electron chi connectivity index (χ4n) is 0.335. The maximum Gasteiger partial charge on any atom is 0.207 e. The Morgan fingerprint density at radius 2 is 2.00 bits per heavy atom. The minimum atomic E-state index is 0.644. The molecule has 10 heavy (non-hydrogen) atoms.